The van der Waals surface area contributed by atoms with Crippen molar-refractivity contribution < 1.29 is 0 Å². The van der Waals surface area contributed by atoms with Crippen molar-refractivity contribution in [3.05, 3.63) is 23.4 Å². The Labute approximate surface area is 72.8 Å². The van der Waals surface area contributed by atoms with Gasteiger partial charge in [0.1, 0.15) is 0 Å². The highest BCUT2D eigenvalue weighted by Gasteiger charge is 2.04. The van der Waals surface area contributed by atoms with E-state index in [4.69, 9.17) is 17.3 Å². The highest BCUT2D eigenvalue weighted by atomic mass is 35.5. The number of hydrogen-bond donors (Lipinski definition) is 1. The summed E-state index contributed by atoms with van der Waals surface area (Å²) in [6.07, 6.45) is 0. The monoisotopic (exact) mass is 184 g/mol. The SMILES string of the molecule is Nc1cccc2c(Cl)nsc12. The first-order chi connectivity index (χ1) is 5.29. The standard InChI is InChI=1S/C7H5ClN2S/c8-7-4-2-1-3-5(9)6(4)11-10-7/h1-3H,9H2. The predicted molar refractivity (Wildman–Crippen MR) is 49.0 cm³/mol. The van der Waals surface area contributed by atoms with Gasteiger partial charge in [-0.05, 0) is 17.6 Å². The van der Waals surface area contributed by atoms with Gasteiger partial charge in [0.15, 0.2) is 5.15 Å². The average Bonchev–Trinajstić information content (AvgIpc) is 2.35. The summed E-state index contributed by atoms with van der Waals surface area (Å²) in [5.74, 6) is 0. The highest BCUT2D eigenvalue weighted by Crippen LogP contribution is 2.30. The normalized spacial score (nSPS) is 10.6. The van der Waals surface area contributed by atoms with Gasteiger partial charge in [0.25, 0.3) is 0 Å². The number of nitrogen functional groups attached to an aromatic ring is 1. The molecule has 4 heteroatoms. The molecule has 0 aliphatic rings. The Hall–Kier alpha value is -0.800. The second-order valence-electron chi connectivity index (χ2n) is 2.20. The van der Waals surface area contributed by atoms with Crippen molar-refractivity contribution in [2.75, 3.05) is 5.73 Å². The lowest BCUT2D eigenvalue weighted by molar-refractivity contribution is 1.60. The number of fused-ring (bicyclic) bond motifs is 1. The third kappa shape index (κ3) is 0.968. The lowest BCUT2D eigenvalue weighted by atomic mass is 10.2. The molecule has 0 atom stereocenters. The zero-order valence-electron chi connectivity index (χ0n) is 5.54. The zero-order chi connectivity index (χ0) is 7.84. The largest absolute Gasteiger partial charge is 0.398 e. The first kappa shape index (κ1) is 6.88. The van der Waals surface area contributed by atoms with Gasteiger partial charge in [-0.1, -0.05) is 23.7 Å². The van der Waals surface area contributed by atoms with Crippen LogP contribution in [0.5, 0.6) is 0 Å². The van der Waals surface area contributed by atoms with E-state index in [1.165, 1.54) is 11.5 Å². The number of benzene rings is 1. The second-order valence-corrected chi connectivity index (χ2v) is 3.33. The molecule has 1 aromatic carbocycles. The molecule has 56 valence electrons. The minimum atomic E-state index is 0.539. The van der Waals surface area contributed by atoms with Crippen molar-refractivity contribution in [1.82, 2.24) is 4.37 Å². The van der Waals surface area contributed by atoms with E-state index < -0.39 is 0 Å². The van der Waals surface area contributed by atoms with E-state index in [1.807, 2.05) is 18.2 Å². The van der Waals surface area contributed by atoms with Crippen LogP contribution in [0.2, 0.25) is 5.15 Å². The van der Waals surface area contributed by atoms with E-state index in [0.29, 0.717) is 5.15 Å². The molecule has 0 unspecified atom stereocenters. The third-order valence-electron chi connectivity index (χ3n) is 1.48. The quantitative estimate of drug-likeness (QED) is 0.639. The first-order valence-corrected chi connectivity index (χ1v) is 4.23. The number of aromatic nitrogens is 1. The number of nitrogens with zero attached hydrogens (tertiary/aromatic N) is 1. The van der Waals surface area contributed by atoms with Crippen LogP contribution in [0.3, 0.4) is 0 Å². The minimum Gasteiger partial charge on any atom is -0.398 e. The maximum atomic E-state index is 5.79. The highest BCUT2D eigenvalue weighted by molar-refractivity contribution is 7.14. The molecule has 0 saturated heterocycles. The average molecular weight is 185 g/mol. The Balaban J connectivity index is 2.94. The molecule has 2 nitrogen and oxygen atoms in total. The third-order valence-corrected chi connectivity index (χ3v) is 2.79. The number of nitrogens with two attached hydrogens (primary N) is 1. The van der Waals surface area contributed by atoms with Crippen LogP contribution >= 0.6 is 23.1 Å². The summed E-state index contributed by atoms with van der Waals surface area (Å²) in [5.41, 5.74) is 6.42. The molecule has 0 fully saturated rings. The molecule has 0 radical (unpaired) electrons. The summed E-state index contributed by atoms with van der Waals surface area (Å²) in [7, 11) is 0. The summed E-state index contributed by atoms with van der Waals surface area (Å²) in [6, 6.07) is 5.63. The van der Waals surface area contributed by atoms with Crippen LogP contribution in [0, 0.1) is 0 Å². The predicted octanol–water partition coefficient (Wildman–Crippen LogP) is 2.53. The van der Waals surface area contributed by atoms with E-state index in [0.717, 1.165) is 15.8 Å². The molecule has 0 bridgehead atoms. The van der Waals surface area contributed by atoms with Crippen molar-refractivity contribution in [3.8, 4) is 0 Å². The summed E-state index contributed by atoms with van der Waals surface area (Å²) in [6.45, 7) is 0. The van der Waals surface area contributed by atoms with Gasteiger partial charge < -0.3 is 5.73 Å². The van der Waals surface area contributed by atoms with Crippen molar-refractivity contribution in [2.45, 2.75) is 0 Å². The number of halogens is 1. The summed E-state index contributed by atoms with van der Waals surface area (Å²) in [5, 5.41) is 1.48. The molecule has 11 heavy (non-hydrogen) atoms. The Morgan fingerprint density at radius 2 is 2.27 bits per heavy atom. The summed E-state index contributed by atoms with van der Waals surface area (Å²) >= 11 is 7.12. The van der Waals surface area contributed by atoms with Crippen molar-refractivity contribution in [1.29, 1.82) is 0 Å². The van der Waals surface area contributed by atoms with Gasteiger partial charge in [0, 0.05) is 5.39 Å². The molecule has 0 aliphatic carbocycles. The van der Waals surface area contributed by atoms with Gasteiger partial charge >= 0.3 is 0 Å². The van der Waals surface area contributed by atoms with Crippen LogP contribution < -0.4 is 5.73 Å². The lowest BCUT2D eigenvalue weighted by Crippen LogP contribution is -1.81. The number of hydrogen-bond acceptors (Lipinski definition) is 3. The Morgan fingerprint density at radius 1 is 1.45 bits per heavy atom. The van der Waals surface area contributed by atoms with Gasteiger partial charge in [-0.15, -0.1) is 0 Å². The van der Waals surface area contributed by atoms with E-state index >= 15 is 0 Å². The van der Waals surface area contributed by atoms with Crippen LogP contribution in [0.1, 0.15) is 0 Å². The first-order valence-electron chi connectivity index (χ1n) is 3.08. The summed E-state index contributed by atoms with van der Waals surface area (Å²) in [4.78, 5) is 0. The Bertz CT molecular complexity index is 396. The molecule has 2 N–H and O–H groups in total. The Morgan fingerprint density at radius 3 is 3.00 bits per heavy atom. The van der Waals surface area contributed by atoms with E-state index in [2.05, 4.69) is 4.37 Å². The second kappa shape index (κ2) is 2.36. The Kier molecular flexibility index (Phi) is 1.47. The molecule has 1 heterocycles. The maximum Gasteiger partial charge on any atom is 0.150 e. The van der Waals surface area contributed by atoms with Gasteiger partial charge in [0.2, 0.25) is 0 Å². The minimum absolute atomic E-state index is 0.539. The molecule has 0 aliphatic heterocycles. The number of anilines is 1. The van der Waals surface area contributed by atoms with Crippen molar-refractivity contribution >= 4 is 38.9 Å². The van der Waals surface area contributed by atoms with Gasteiger partial charge in [-0.3, -0.25) is 0 Å². The van der Waals surface area contributed by atoms with E-state index in [9.17, 15) is 0 Å². The van der Waals surface area contributed by atoms with Crippen LogP contribution in [0.15, 0.2) is 18.2 Å². The molecule has 1 aromatic heterocycles. The van der Waals surface area contributed by atoms with Crippen LogP contribution in [-0.4, -0.2) is 4.37 Å². The lowest BCUT2D eigenvalue weighted by Gasteiger charge is -1.91. The van der Waals surface area contributed by atoms with Crippen molar-refractivity contribution in [2.24, 2.45) is 0 Å². The van der Waals surface area contributed by atoms with Gasteiger partial charge in [0.05, 0.1) is 10.4 Å². The van der Waals surface area contributed by atoms with Gasteiger partial charge in [-0.2, -0.15) is 4.37 Å². The molecule has 0 spiro atoms. The molecule has 0 amide bonds. The zero-order valence-corrected chi connectivity index (χ0v) is 7.12. The smallest absolute Gasteiger partial charge is 0.150 e. The fraction of sp³-hybridized carbons (Fsp3) is 0. The summed E-state index contributed by atoms with van der Waals surface area (Å²) < 4.78 is 4.95. The van der Waals surface area contributed by atoms with Crippen molar-refractivity contribution in [3.63, 3.8) is 0 Å². The molecule has 2 aromatic rings. The molecular weight excluding hydrogens is 180 g/mol. The molecular formula is C7H5ClN2S. The number of rotatable bonds is 0. The van der Waals surface area contributed by atoms with Gasteiger partial charge in [-0.25, -0.2) is 0 Å². The van der Waals surface area contributed by atoms with E-state index in [1.54, 1.807) is 0 Å². The molecule has 2 rings (SSSR count). The topological polar surface area (TPSA) is 38.9 Å². The van der Waals surface area contributed by atoms with Crippen LogP contribution in [0.4, 0.5) is 5.69 Å². The van der Waals surface area contributed by atoms with Crippen LogP contribution in [0.25, 0.3) is 10.1 Å². The fourth-order valence-corrected chi connectivity index (χ4v) is 1.98. The maximum absolute atomic E-state index is 5.79. The van der Waals surface area contributed by atoms with Crippen LogP contribution in [-0.2, 0) is 0 Å². The molecule has 0 saturated carbocycles. The fourth-order valence-electron chi connectivity index (χ4n) is 0.954. The van der Waals surface area contributed by atoms with E-state index in [-0.39, 0.29) is 0 Å².